The van der Waals surface area contributed by atoms with Gasteiger partial charge in [-0.25, -0.2) is 13.5 Å². The van der Waals surface area contributed by atoms with E-state index in [0.717, 1.165) is 30.2 Å². The van der Waals surface area contributed by atoms with Gasteiger partial charge >= 0.3 is 0 Å². The molecule has 4 rings (SSSR count). The van der Waals surface area contributed by atoms with Gasteiger partial charge in [-0.3, -0.25) is 9.59 Å². The van der Waals surface area contributed by atoms with E-state index in [1.165, 1.54) is 16.8 Å². The summed E-state index contributed by atoms with van der Waals surface area (Å²) >= 11 is 0. The molecule has 1 saturated carbocycles. The summed E-state index contributed by atoms with van der Waals surface area (Å²) in [5, 5.41) is 7.22. The molecule has 1 aromatic heterocycles. The number of Topliss-reactive ketones (excluding diaryl/α,β-unsaturated/α-hetero) is 1. The molecule has 1 aromatic carbocycles. The van der Waals surface area contributed by atoms with E-state index < -0.39 is 23.0 Å². The van der Waals surface area contributed by atoms with Gasteiger partial charge in [0, 0.05) is 22.5 Å². The second-order valence-electron chi connectivity index (χ2n) is 10.6. The van der Waals surface area contributed by atoms with Gasteiger partial charge in [0.2, 0.25) is 0 Å². The van der Waals surface area contributed by atoms with E-state index in [1.54, 1.807) is 20.8 Å². The topological polar surface area (TPSA) is 64.0 Å². The number of halogens is 2. The number of fused-ring (bicyclic) bond motifs is 5. The molecule has 166 valence electrons. The van der Waals surface area contributed by atoms with Crippen LogP contribution in [-0.4, -0.2) is 28.0 Å². The fourth-order valence-electron chi connectivity index (χ4n) is 5.22. The Morgan fingerprint density at radius 2 is 1.90 bits per heavy atom. The monoisotopic (exact) mass is 429 g/mol. The summed E-state index contributed by atoms with van der Waals surface area (Å²) in [6.45, 7) is 11.8. The summed E-state index contributed by atoms with van der Waals surface area (Å²) in [6, 6.07) is 3.37. The van der Waals surface area contributed by atoms with E-state index >= 15 is 0 Å². The normalized spacial score (nSPS) is 23.7. The summed E-state index contributed by atoms with van der Waals surface area (Å²) in [5.41, 5.74) is 0.958. The van der Waals surface area contributed by atoms with Gasteiger partial charge in [-0.15, -0.1) is 0 Å². The van der Waals surface area contributed by atoms with E-state index in [-0.39, 0.29) is 40.5 Å². The van der Waals surface area contributed by atoms with Crippen LogP contribution < -0.4 is 5.32 Å². The third-order valence-electron chi connectivity index (χ3n) is 7.62. The maximum Gasteiger partial charge on any atom is 0.272 e. The molecule has 5 nitrogen and oxygen atoms in total. The van der Waals surface area contributed by atoms with E-state index in [2.05, 4.69) is 31.2 Å². The number of benzene rings is 1. The number of hydrogen-bond acceptors (Lipinski definition) is 3. The zero-order valence-corrected chi connectivity index (χ0v) is 18.9. The highest BCUT2D eigenvalue weighted by Gasteiger charge is 2.63. The minimum absolute atomic E-state index is 0.0877. The molecule has 2 aromatic rings. The molecular weight excluding hydrogens is 400 g/mol. The average molecular weight is 430 g/mol. The Balaban J connectivity index is 1.82. The number of amides is 1. The predicted octanol–water partition coefficient (Wildman–Crippen LogP) is 4.67. The average Bonchev–Trinajstić information content (AvgIpc) is 3.21. The van der Waals surface area contributed by atoms with Crippen molar-refractivity contribution in [3.05, 3.63) is 46.8 Å². The fraction of sp³-hybridized carbons (Fsp3) is 0.542. The van der Waals surface area contributed by atoms with E-state index in [9.17, 15) is 18.4 Å². The van der Waals surface area contributed by atoms with Crippen molar-refractivity contribution < 1.29 is 18.4 Å². The highest BCUT2D eigenvalue weighted by atomic mass is 19.1. The first kappa shape index (κ1) is 21.7. The first-order chi connectivity index (χ1) is 14.3. The predicted molar refractivity (Wildman–Crippen MR) is 113 cm³/mol. The summed E-state index contributed by atoms with van der Waals surface area (Å²) < 4.78 is 29.7. The number of nitrogens with zero attached hydrogens (tertiary/aromatic N) is 2. The van der Waals surface area contributed by atoms with Crippen molar-refractivity contribution in [1.29, 1.82) is 0 Å². The Kier molecular flexibility index (Phi) is 4.69. The van der Waals surface area contributed by atoms with Crippen LogP contribution in [0.25, 0.3) is 5.69 Å². The molecule has 2 bridgehead atoms. The van der Waals surface area contributed by atoms with Gasteiger partial charge < -0.3 is 5.32 Å². The minimum Gasteiger partial charge on any atom is -0.344 e. The molecule has 2 aliphatic rings. The SMILES string of the molecule is CC(C)(C)C(=O)CNC(=O)c1nn(-c2ccc(F)cc2F)c2c1C1CCC2(C)C1(C)C. The minimum atomic E-state index is -0.732. The smallest absolute Gasteiger partial charge is 0.272 e. The summed E-state index contributed by atoms with van der Waals surface area (Å²) in [5.74, 6) is -1.83. The molecule has 1 fully saturated rings. The van der Waals surface area contributed by atoms with Gasteiger partial charge in [0.1, 0.15) is 11.5 Å². The van der Waals surface area contributed by atoms with Crippen molar-refractivity contribution in [3.8, 4) is 5.69 Å². The standard InChI is InChI=1S/C24H29F2N3O2/c1-22(2,3)17(30)12-27-21(31)19-18-14-9-10-24(6,23(14,4)5)20(18)29(28-19)16-8-7-13(25)11-15(16)26/h7-8,11,14H,9-10,12H2,1-6H3,(H,27,31). The number of rotatable bonds is 4. The number of hydrogen-bond donors (Lipinski definition) is 1. The van der Waals surface area contributed by atoms with Crippen LogP contribution in [0.15, 0.2) is 18.2 Å². The Bertz CT molecular complexity index is 1100. The lowest BCUT2D eigenvalue weighted by Gasteiger charge is -2.35. The third kappa shape index (κ3) is 3.04. The fourth-order valence-corrected chi connectivity index (χ4v) is 5.22. The molecule has 0 saturated heterocycles. The highest BCUT2D eigenvalue weighted by molar-refractivity contribution is 5.98. The maximum atomic E-state index is 14.7. The van der Waals surface area contributed by atoms with E-state index in [1.807, 2.05) is 0 Å². The van der Waals surface area contributed by atoms with Crippen molar-refractivity contribution in [3.63, 3.8) is 0 Å². The molecule has 2 unspecified atom stereocenters. The van der Waals surface area contributed by atoms with Crippen LogP contribution in [0.4, 0.5) is 8.78 Å². The van der Waals surface area contributed by atoms with Crippen LogP contribution in [0.1, 0.15) is 82.0 Å². The van der Waals surface area contributed by atoms with Gasteiger partial charge in [0.15, 0.2) is 17.3 Å². The lowest BCUT2D eigenvalue weighted by atomic mass is 9.70. The van der Waals surface area contributed by atoms with Gasteiger partial charge in [0.05, 0.1) is 12.2 Å². The zero-order valence-electron chi connectivity index (χ0n) is 18.9. The number of carbonyl (C=O) groups is 2. The molecule has 0 radical (unpaired) electrons. The van der Waals surface area contributed by atoms with Crippen LogP contribution >= 0.6 is 0 Å². The molecule has 1 amide bonds. The second kappa shape index (κ2) is 6.71. The lowest BCUT2D eigenvalue weighted by Crippen LogP contribution is -2.36. The number of ketones is 1. The molecular formula is C24H29F2N3O2. The molecule has 0 spiro atoms. The van der Waals surface area contributed by atoms with E-state index in [0.29, 0.717) is 0 Å². The Hall–Kier alpha value is -2.57. The molecule has 31 heavy (non-hydrogen) atoms. The molecule has 1 N–H and O–H groups in total. The molecule has 1 heterocycles. The largest absolute Gasteiger partial charge is 0.344 e. The Morgan fingerprint density at radius 1 is 1.23 bits per heavy atom. The van der Waals surface area contributed by atoms with Crippen molar-refractivity contribution in [2.45, 2.75) is 65.7 Å². The summed E-state index contributed by atoms with van der Waals surface area (Å²) in [4.78, 5) is 25.4. The lowest BCUT2D eigenvalue weighted by molar-refractivity contribution is -0.125. The van der Waals surface area contributed by atoms with Gasteiger partial charge in [-0.1, -0.05) is 41.5 Å². The highest BCUT2D eigenvalue weighted by Crippen LogP contribution is 2.68. The molecule has 7 heteroatoms. The van der Waals surface area contributed by atoms with Crippen LogP contribution in [0.2, 0.25) is 0 Å². The Labute approximate surface area is 181 Å². The molecule has 2 atom stereocenters. The quantitative estimate of drug-likeness (QED) is 0.768. The van der Waals surface area contributed by atoms with Gasteiger partial charge in [-0.05, 0) is 36.3 Å². The van der Waals surface area contributed by atoms with Gasteiger partial charge in [0.25, 0.3) is 5.91 Å². The summed E-state index contributed by atoms with van der Waals surface area (Å²) in [7, 11) is 0. The second-order valence-corrected chi connectivity index (χ2v) is 10.6. The number of carbonyl (C=O) groups excluding carboxylic acids is 2. The third-order valence-corrected chi connectivity index (χ3v) is 7.62. The van der Waals surface area contributed by atoms with Crippen molar-refractivity contribution in [1.82, 2.24) is 15.1 Å². The van der Waals surface area contributed by atoms with Crippen molar-refractivity contribution in [2.75, 3.05) is 6.54 Å². The first-order valence-electron chi connectivity index (χ1n) is 10.7. The molecule has 0 aliphatic heterocycles. The maximum absolute atomic E-state index is 14.7. The Morgan fingerprint density at radius 3 is 2.52 bits per heavy atom. The first-order valence-corrected chi connectivity index (χ1v) is 10.7. The van der Waals surface area contributed by atoms with Crippen molar-refractivity contribution in [2.24, 2.45) is 10.8 Å². The van der Waals surface area contributed by atoms with Crippen LogP contribution in [0.5, 0.6) is 0 Å². The number of aromatic nitrogens is 2. The van der Waals surface area contributed by atoms with Crippen LogP contribution in [0.3, 0.4) is 0 Å². The van der Waals surface area contributed by atoms with Crippen LogP contribution in [-0.2, 0) is 10.2 Å². The van der Waals surface area contributed by atoms with Gasteiger partial charge in [-0.2, -0.15) is 5.10 Å². The van der Waals surface area contributed by atoms with Crippen molar-refractivity contribution >= 4 is 11.7 Å². The summed E-state index contributed by atoms with van der Waals surface area (Å²) in [6.07, 6.45) is 1.81. The zero-order chi connectivity index (χ0) is 22.9. The number of nitrogens with one attached hydrogen (secondary N) is 1. The van der Waals surface area contributed by atoms with Crippen LogP contribution in [0, 0.1) is 22.5 Å². The van der Waals surface area contributed by atoms with E-state index in [4.69, 9.17) is 0 Å². The molecule has 2 aliphatic carbocycles.